The van der Waals surface area contributed by atoms with E-state index in [2.05, 4.69) is 4.98 Å². The van der Waals surface area contributed by atoms with E-state index in [0.29, 0.717) is 39.9 Å². The van der Waals surface area contributed by atoms with Crippen molar-refractivity contribution in [2.45, 2.75) is 27.2 Å². The van der Waals surface area contributed by atoms with E-state index in [9.17, 15) is 13.6 Å². The zero-order valence-electron chi connectivity index (χ0n) is 17.8. The molecule has 164 valence electrons. The van der Waals surface area contributed by atoms with Crippen LogP contribution in [0.25, 0.3) is 10.9 Å². The first kappa shape index (κ1) is 22.4. The maximum Gasteiger partial charge on any atom is 0.513 e. The predicted molar refractivity (Wildman–Crippen MR) is 111 cm³/mol. The Kier molecular flexibility index (Phi) is 7.02. The van der Waals surface area contributed by atoms with Crippen LogP contribution < -0.4 is 9.47 Å². The molecule has 0 aliphatic rings. The molecule has 0 unspecified atom stereocenters. The van der Waals surface area contributed by atoms with Gasteiger partial charge in [-0.1, -0.05) is 6.92 Å². The Morgan fingerprint density at radius 3 is 2.39 bits per heavy atom. The normalized spacial score (nSPS) is 10.9. The molecule has 0 atom stereocenters. The van der Waals surface area contributed by atoms with Crippen molar-refractivity contribution in [2.24, 2.45) is 0 Å². The first-order chi connectivity index (χ1) is 14.8. The maximum atomic E-state index is 13.5. The van der Waals surface area contributed by atoms with Crippen molar-refractivity contribution in [3.05, 3.63) is 58.8 Å². The summed E-state index contributed by atoms with van der Waals surface area (Å²) in [4.78, 5) is 16.8. The highest BCUT2D eigenvalue weighted by molar-refractivity contribution is 5.90. The number of halogens is 2. The average Bonchev–Trinajstić information content (AvgIpc) is 2.70. The fraction of sp³-hybridized carbons (Fsp3) is 0.304. The van der Waals surface area contributed by atoms with E-state index < -0.39 is 17.8 Å². The third-order valence-corrected chi connectivity index (χ3v) is 4.66. The molecule has 0 bridgehead atoms. The molecule has 0 spiro atoms. The maximum absolute atomic E-state index is 13.5. The summed E-state index contributed by atoms with van der Waals surface area (Å²) in [5, 5.41) is 0.510. The molecule has 0 saturated carbocycles. The van der Waals surface area contributed by atoms with E-state index in [0.717, 1.165) is 23.9 Å². The molecular formula is C23H23F2NO5. The number of hydrogen-bond donors (Lipinski definition) is 0. The number of nitrogens with zero attached hydrogens (tertiary/aromatic N) is 1. The van der Waals surface area contributed by atoms with Crippen LogP contribution in [0.2, 0.25) is 0 Å². The number of ether oxygens (including phenoxy) is 4. The summed E-state index contributed by atoms with van der Waals surface area (Å²) in [6.45, 7) is 5.83. The number of benzene rings is 2. The monoisotopic (exact) mass is 431 g/mol. The van der Waals surface area contributed by atoms with Gasteiger partial charge in [-0.3, -0.25) is 4.98 Å². The highest BCUT2D eigenvalue weighted by atomic mass is 19.1. The third-order valence-electron chi connectivity index (χ3n) is 4.66. The Hall–Kier alpha value is -3.26. The molecule has 1 aromatic heterocycles. The second-order valence-corrected chi connectivity index (χ2v) is 6.90. The molecule has 6 nitrogen and oxygen atoms in total. The molecule has 0 aliphatic heterocycles. The average molecular weight is 431 g/mol. The summed E-state index contributed by atoms with van der Waals surface area (Å²) in [7, 11) is 1.50. The lowest BCUT2D eigenvalue weighted by atomic mass is 10.0. The van der Waals surface area contributed by atoms with Gasteiger partial charge in [-0.15, -0.1) is 0 Å². The molecule has 0 N–H and O–H groups in total. The predicted octanol–water partition coefficient (Wildman–Crippen LogP) is 5.65. The number of fused-ring (bicyclic) bond motifs is 1. The van der Waals surface area contributed by atoms with Gasteiger partial charge in [0.2, 0.25) is 0 Å². The highest BCUT2D eigenvalue weighted by Crippen LogP contribution is 2.37. The Labute approximate surface area is 178 Å². The zero-order chi connectivity index (χ0) is 22.5. The Morgan fingerprint density at radius 1 is 1.03 bits per heavy atom. The van der Waals surface area contributed by atoms with Crippen LogP contribution in [-0.2, 0) is 15.9 Å². The fourth-order valence-electron chi connectivity index (χ4n) is 3.13. The van der Waals surface area contributed by atoms with Gasteiger partial charge in [0.15, 0.2) is 0 Å². The Morgan fingerprint density at radius 2 is 1.74 bits per heavy atom. The van der Waals surface area contributed by atoms with Crippen LogP contribution in [0, 0.1) is 25.5 Å². The van der Waals surface area contributed by atoms with Gasteiger partial charge in [-0.05, 0) is 38.0 Å². The van der Waals surface area contributed by atoms with E-state index in [1.165, 1.54) is 7.11 Å². The van der Waals surface area contributed by atoms with E-state index in [1.54, 1.807) is 26.0 Å². The molecular weight excluding hydrogens is 408 g/mol. The fourth-order valence-corrected chi connectivity index (χ4v) is 3.13. The largest absolute Gasteiger partial charge is 0.513 e. The van der Waals surface area contributed by atoms with Crippen molar-refractivity contribution in [3.8, 4) is 17.2 Å². The van der Waals surface area contributed by atoms with E-state index in [-0.39, 0.29) is 19.0 Å². The second-order valence-electron chi connectivity index (χ2n) is 6.90. The van der Waals surface area contributed by atoms with Gasteiger partial charge in [0.1, 0.15) is 35.5 Å². The van der Waals surface area contributed by atoms with Gasteiger partial charge < -0.3 is 18.9 Å². The Bertz CT molecular complexity index is 1100. The van der Waals surface area contributed by atoms with Crippen molar-refractivity contribution in [1.29, 1.82) is 0 Å². The lowest BCUT2D eigenvalue weighted by Crippen LogP contribution is -2.15. The van der Waals surface area contributed by atoms with E-state index in [1.807, 2.05) is 6.92 Å². The van der Waals surface area contributed by atoms with Crippen LogP contribution in [0.4, 0.5) is 13.6 Å². The smallest absolute Gasteiger partial charge is 0.457 e. The van der Waals surface area contributed by atoms with Crippen LogP contribution >= 0.6 is 0 Å². The second kappa shape index (κ2) is 9.70. The number of aromatic nitrogens is 1. The summed E-state index contributed by atoms with van der Waals surface area (Å²) < 4.78 is 48.2. The third kappa shape index (κ3) is 5.27. The van der Waals surface area contributed by atoms with Crippen molar-refractivity contribution in [3.63, 3.8) is 0 Å². The summed E-state index contributed by atoms with van der Waals surface area (Å²) in [5.74, 6) is -0.848. The summed E-state index contributed by atoms with van der Waals surface area (Å²) >= 11 is 0. The topological polar surface area (TPSA) is 66.9 Å². The minimum atomic E-state index is -0.870. The van der Waals surface area contributed by atoms with Crippen LogP contribution in [0.15, 0.2) is 30.3 Å². The number of methoxy groups -OCH3 is 1. The molecule has 0 saturated heterocycles. The van der Waals surface area contributed by atoms with Crippen molar-refractivity contribution in [2.75, 3.05) is 20.3 Å². The molecule has 31 heavy (non-hydrogen) atoms. The molecule has 0 radical (unpaired) electrons. The standard InChI is InChI=1S/C23H23F2NO5/c1-5-19-14(3)22(31-23(27)29-7-6-28-4)18-12-21(13(2)8-20(18)26-19)30-17-10-15(24)9-16(25)11-17/h8-12H,5-7H2,1-4H3. The van der Waals surface area contributed by atoms with Gasteiger partial charge in [0.25, 0.3) is 0 Å². The van der Waals surface area contributed by atoms with Crippen LogP contribution in [-0.4, -0.2) is 31.5 Å². The Balaban J connectivity index is 2.04. The van der Waals surface area contributed by atoms with Crippen molar-refractivity contribution >= 4 is 17.1 Å². The molecule has 2 aromatic carbocycles. The minimum Gasteiger partial charge on any atom is -0.457 e. The first-order valence-electron chi connectivity index (χ1n) is 9.73. The molecule has 3 aromatic rings. The lowest BCUT2D eigenvalue weighted by Gasteiger charge is -2.16. The summed E-state index contributed by atoms with van der Waals surface area (Å²) in [6, 6.07) is 6.33. The highest BCUT2D eigenvalue weighted by Gasteiger charge is 2.19. The number of hydrogen-bond acceptors (Lipinski definition) is 6. The van der Waals surface area contributed by atoms with E-state index in [4.69, 9.17) is 18.9 Å². The molecule has 0 fully saturated rings. The minimum absolute atomic E-state index is 0.0104. The summed E-state index contributed by atoms with van der Waals surface area (Å²) in [6.07, 6.45) is -0.235. The van der Waals surface area contributed by atoms with Crippen molar-refractivity contribution in [1.82, 2.24) is 4.98 Å². The molecule has 0 aliphatic carbocycles. The number of carbonyl (C=O) groups is 1. The van der Waals surface area contributed by atoms with Gasteiger partial charge in [0, 0.05) is 42.0 Å². The van der Waals surface area contributed by atoms with E-state index >= 15 is 0 Å². The molecule has 8 heteroatoms. The van der Waals surface area contributed by atoms with Gasteiger partial charge in [0.05, 0.1) is 12.1 Å². The number of pyridine rings is 1. The SMILES string of the molecule is CCc1nc2cc(C)c(Oc3cc(F)cc(F)c3)cc2c(OC(=O)OCCOC)c1C. The van der Waals surface area contributed by atoms with Crippen molar-refractivity contribution < 1.29 is 32.5 Å². The first-order valence-corrected chi connectivity index (χ1v) is 9.73. The van der Waals surface area contributed by atoms with Gasteiger partial charge in [-0.2, -0.15) is 0 Å². The zero-order valence-corrected chi connectivity index (χ0v) is 17.8. The number of aryl methyl sites for hydroxylation is 2. The van der Waals surface area contributed by atoms with Gasteiger partial charge >= 0.3 is 6.16 Å². The molecule has 3 rings (SSSR count). The van der Waals surface area contributed by atoms with Crippen LogP contribution in [0.1, 0.15) is 23.7 Å². The quantitative estimate of drug-likeness (QED) is 0.356. The molecule has 0 amide bonds. The number of rotatable bonds is 7. The lowest BCUT2D eigenvalue weighted by molar-refractivity contribution is 0.0687. The van der Waals surface area contributed by atoms with Gasteiger partial charge in [-0.25, -0.2) is 13.6 Å². The molecule has 1 heterocycles. The van der Waals surface area contributed by atoms with Crippen LogP contribution in [0.5, 0.6) is 17.2 Å². The van der Waals surface area contributed by atoms with Crippen LogP contribution in [0.3, 0.4) is 0 Å². The summed E-state index contributed by atoms with van der Waals surface area (Å²) in [5.41, 5.74) is 2.75. The number of carbonyl (C=O) groups excluding carboxylic acids is 1.